The van der Waals surface area contributed by atoms with Crippen LogP contribution in [0.1, 0.15) is 74.1 Å². The number of esters is 1. The molecule has 3 saturated heterocycles. The number of carbonyl (C=O) groups is 4. The summed E-state index contributed by atoms with van der Waals surface area (Å²) in [7, 11) is 6.57. The highest BCUT2D eigenvalue weighted by Gasteiger charge is 2.62. The monoisotopic (exact) mass is 890 g/mol. The number of rotatable bonds is 14. The van der Waals surface area contributed by atoms with Crippen molar-refractivity contribution in [1.29, 1.82) is 0 Å². The summed E-state index contributed by atoms with van der Waals surface area (Å²) in [5, 5.41) is 46.4. The molecule has 0 spiro atoms. The second-order valence-electron chi connectivity index (χ2n) is 17.4. The number of cyclic esters (lactones) is 1. The fraction of sp³-hybridized carbons (Fsp3) is 0.857. The zero-order valence-corrected chi connectivity index (χ0v) is 38.1. The first-order chi connectivity index (χ1) is 28.7. The van der Waals surface area contributed by atoms with E-state index < -0.39 is 121 Å². The summed E-state index contributed by atoms with van der Waals surface area (Å²) < 4.78 is 48.2. The molecule has 3 fully saturated rings. The predicted molar refractivity (Wildman–Crippen MR) is 221 cm³/mol. The van der Waals surface area contributed by atoms with E-state index in [9.17, 15) is 39.6 Å². The van der Waals surface area contributed by atoms with Gasteiger partial charge in [-0.2, -0.15) is 11.8 Å². The van der Waals surface area contributed by atoms with Crippen LogP contribution in [0.5, 0.6) is 0 Å². The highest BCUT2D eigenvalue weighted by Crippen LogP contribution is 2.45. The Morgan fingerprint density at radius 1 is 0.984 bits per heavy atom. The van der Waals surface area contributed by atoms with Gasteiger partial charge in [0, 0.05) is 62.5 Å². The largest absolute Gasteiger partial charge is 0.480 e. The molecule has 19 heteroatoms. The van der Waals surface area contributed by atoms with Crippen molar-refractivity contribution in [2.24, 2.45) is 17.8 Å². The van der Waals surface area contributed by atoms with Crippen molar-refractivity contribution in [2.45, 2.75) is 171 Å². The van der Waals surface area contributed by atoms with Gasteiger partial charge in [-0.15, -0.1) is 0 Å². The van der Waals surface area contributed by atoms with Gasteiger partial charge in [-0.05, 0) is 53.1 Å². The number of hydrogen-bond acceptors (Lipinski definition) is 17. The highest BCUT2D eigenvalue weighted by atomic mass is 32.2. The van der Waals surface area contributed by atoms with Gasteiger partial charge in [-0.3, -0.25) is 9.59 Å². The molecule has 0 saturated carbocycles. The lowest BCUT2D eigenvalue weighted by molar-refractivity contribution is -0.313. The number of nitrogens with zero attached hydrogens (tertiary/aromatic N) is 1. The van der Waals surface area contributed by atoms with E-state index in [2.05, 4.69) is 5.32 Å². The molecule has 0 bridgehead atoms. The number of aliphatic hydroxyl groups is 3. The van der Waals surface area contributed by atoms with E-state index in [-0.39, 0.29) is 42.4 Å². The lowest BCUT2D eigenvalue weighted by atomic mass is 9.83. The van der Waals surface area contributed by atoms with E-state index in [1.807, 2.05) is 39.8 Å². The number of methoxy groups -OCH3 is 2. The number of ether oxygens (including phenoxy) is 8. The number of carboxylic acid groups (broad SMARTS) is 1. The summed E-state index contributed by atoms with van der Waals surface area (Å²) in [6, 6.07) is -1.51. The van der Waals surface area contributed by atoms with Gasteiger partial charge in [0.25, 0.3) is 0 Å². The Labute approximate surface area is 363 Å². The van der Waals surface area contributed by atoms with E-state index in [0.29, 0.717) is 12.8 Å². The molecule has 18 nitrogen and oxygen atoms in total. The maximum Gasteiger partial charge on any atom is 0.330 e. The van der Waals surface area contributed by atoms with Crippen LogP contribution in [0.15, 0.2) is 12.2 Å². The molecule has 4 rings (SSSR count). The van der Waals surface area contributed by atoms with Gasteiger partial charge in [-0.25, -0.2) is 9.59 Å². The van der Waals surface area contributed by atoms with E-state index in [4.69, 9.17) is 37.9 Å². The Morgan fingerprint density at radius 3 is 2.25 bits per heavy atom. The Morgan fingerprint density at radius 2 is 1.66 bits per heavy atom. The molecule has 19 atom stereocenters. The third-order valence-electron chi connectivity index (χ3n) is 12.4. The molecule has 350 valence electrons. The maximum absolute atomic E-state index is 14.2. The van der Waals surface area contributed by atoms with Gasteiger partial charge in [0.2, 0.25) is 5.91 Å². The van der Waals surface area contributed by atoms with Gasteiger partial charge < -0.3 is 68.5 Å². The SMILES string of the molecule is CC[C@H]1OC(=O)/C=C/[C@H](C)[C@@H](O[C@@H]2OC(C)C[C@H](N(C)C)[C@H]2O)[C@@H](C)C[C@@H](C)C(=O)CC(SC[C@@H](NC(C)=O)C(=O)O)[C@H]2O[C@@H]2[C@@]1(O)CO[C@@H]1O[C@H](C)[C@@H](O)[C@@H](OC)[C@H]1OC. The number of amides is 1. The highest BCUT2D eigenvalue weighted by molar-refractivity contribution is 8.00. The van der Waals surface area contributed by atoms with Crippen LogP contribution in [0.2, 0.25) is 0 Å². The average molecular weight is 891 g/mol. The van der Waals surface area contributed by atoms with Gasteiger partial charge in [0.1, 0.15) is 48.4 Å². The Kier molecular flexibility index (Phi) is 19.0. The third-order valence-corrected chi connectivity index (χ3v) is 13.8. The second-order valence-corrected chi connectivity index (χ2v) is 18.7. The quantitative estimate of drug-likeness (QED) is 0.122. The minimum Gasteiger partial charge on any atom is -0.480 e. The topological polar surface area (TPSA) is 242 Å². The molecule has 4 aliphatic heterocycles. The van der Waals surface area contributed by atoms with Crippen molar-refractivity contribution in [2.75, 3.05) is 40.7 Å². The van der Waals surface area contributed by atoms with Crippen molar-refractivity contribution in [1.82, 2.24) is 10.2 Å². The number of Topliss-reactive ketones (excluding diaryl/α,β-unsaturated/α-hetero) is 1. The third kappa shape index (κ3) is 12.9. The van der Waals surface area contributed by atoms with Crippen LogP contribution in [-0.2, 0) is 57.1 Å². The molecule has 2 unspecified atom stereocenters. The number of ketones is 1. The van der Waals surface area contributed by atoms with E-state index in [1.165, 1.54) is 27.2 Å². The van der Waals surface area contributed by atoms with Crippen LogP contribution >= 0.6 is 11.8 Å². The molecule has 4 aliphatic rings. The number of nitrogens with one attached hydrogen (secondary N) is 1. The summed E-state index contributed by atoms with van der Waals surface area (Å²) >= 11 is 1.12. The number of carbonyl (C=O) groups excluding carboxylic acids is 3. The number of hydrogen-bond donors (Lipinski definition) is 5. The Balaban J connectivity index is 1.72. The molecular formula is C42H70N2O16S. The molecule has 61 heavy (non-hydrogen) atoms. The Hall–Kier alpha value is -2.27. The van der Waals surface area contributed by atoms with Crippen LogP contribution in [0.25, 0.3) is 0 Å². The number of likely N-dealkylation sites (N-methyl/N-ethyl adjacent to an activating group) is 1. The van der Waals surface area contributed by atoms with Gasteiger partial charge >= 0.3 is 11.9 Å². The standard InChI is InChI=1S/C42H70N2O16S/c1-12-30-42(52,19-55-41-37(54-11)36(53-10)32(48)24(6)57-41)38-35(59-38)29(61-18-26(39(50)51)43-25(7)45)17-28(46)21(3)15-22(4)34(20(2)13-14-31(47)58-30)60-40-33(49)27(44(8)9)16-23(5)56-40/h13-14,20-24,26-27,29-30,32-38,40-41,48-49,52H,12,15-19H2,1-11H3,(H,43,45)(H,50,51)/b14-13+/t20-,21+,22-,23?,24+,26+,27-,29?,30+,32+,33+,34+,35+,36+,37+,38-,40-,41+,42+/m0/s1. The van der Waals surface area contributed by atoms with Gasteiger partial charge in [0.15, 0.2) is 18.2 Å². The molecule has 4 heterocycles. The van der Waals surface area contributed by atoms with Gasteiger partial charge in [-0.1, -0.05) is 33.8 Å². The maximum atomic E-state index is 14.2. The Bertz CT molecular complexity index is 1510. The normalized spacial score (nSPS) is 42.6. The molecule has 0 aromatic carbocycles. The predicted octanol–water partition coefficient (Wildman–Crippen LogP) is 1.29. The summed E-state index contributed by atoms with van der Waals surface area (Å²) in [6.45, 7) is 11.6. The smallest absolute Gasteiger partial charge is 0.330 e. The van der Waals surface area contributed by atoms with Crippen LogP contribution in [0.4, 0.5) is 0 Å². The minimum absolute atomic E-state index is 0.0878. The van der Waals surface area contributed by atoms with Crippen LogP contribution < -0.4 is 5.32 Å². The summed E-state index contributed by atoms with van der Waals surface area (Å²) in [5.74, 6) is -4.11. The van der Waals surface area contributed by atoms with E-state index in [0.717, 1.165) is 11.8 Å². The molecule has 5 N–H and O–H groups in total. The number of epoxide rings is 1. The molecule has 0 aromatic heterocycles. The lowest BCUT2D eigenvalue weighted by Crippen LogP contribution is -2.61. The van der Waals surface area contributed by atoms with Crippen molar-refractivity contribution < 1.29 is 77.5 Å². The first-order valence-corrected chi connectivity index (χ1v) is 22.3. The second kappa shape index (κ2) is 22.6. The van der Waals surface area contributed by atoms with Crippen LogP contribution in [0, 0.1) is 17.8 Å². The van der Waals surface area contributed by atoms with Crippen LogP contribution in [-0.4, -0.2) is 186 Å². The number of aliphatic carboxylic acids is 1. The van der Waals surface area contributed by atoms with E-state index in [1.54, 1.807) is 26.8 Å². The first kappa shape index (κ1) is 51.4. The number of fused-ring (bicyclic) bond motifs is 1. The van der Waals surface area contributed by atoms with Gasteiger partial charge in [0.05, 0.1) is 31.0 Å². The van der Waals surface area contributed by atoms with E-state index >= 15 is 0 Å². The fourth-order valence-electron chi connectivity index (χ4n) is 8.80. The molecule has 0 radical (unpaired) electrons. The summed E-state index contributed by atoms with van der Waals surface area (Å²) in [4.78, 5) is 53.9. The van der Waals surface area contributed by atoms with Crippen molar-refractivity contribution in [3.8, 4) is 0 Å². The number of carboxylic acids is 1. The molecule has 1 amide bonds. The summed E-state index contributed by atoms with van der Waals surface area (Å²) in [5.41, 5.74) is -2.05. The lowest BCUT2D eigenvalue weighted by Gasteiger charge is -2.43. The van der Waals surface area contributed by atoms with Crippen molar-refractivity contribution in [3.63, 3.8) is 0 Å². The first-order valence-electron chi connectivity index (χ1n) is 21.2. The average Bonchev–Trinajstić information content (AvgIpc) is 4.01. The number of thioether (sulfide) groups is 1. The summed E-state index contributed by atoms with van der Waals surface area (Å²) in [6.07, 6.45) is -6.82. The molecule has 0 aromatic rings. The molecule has 0 aliphatic carbocycles. The number of aliphatic hydroxyl groups excluding tert-OH is 2. The zero-order valence-electron chi connectivity index (χ0n) is 37.3. The zero-order chi connectivity index (χ0) is 45.5. The van der Waals surface area contributed by atoms with Crippen LogP contribution in [0.3, 0.4) is 0 Å². The minimum atomic E-state index is -2.05. The van der Waals surface area contributed by atoms with Crippen molar-refractivity contribution >= 4 is 35.4 Å². The fourth-order valence-corrected chi connectivity index (χ4v) is 10.1. The molecular weight excluding hydrogens is 821 g/mol. The van der Waals surface area contributed by atoms with Crippen molar-refractivity contribution in [3.05, 3.63) is 12.2 Å².